The van der Waals surface area contributed by atoms with Gasteiger partial charge in [0, 0.05) is 41.0 Å². The average Bonchev–Trinajstić information content (AvgIpc) is 2.83. The SMILES string of the molecule is CC.CC(C)(O)COc1ncc(C(=N)c2cc(OCc3c(Cl)cncc3Cl)ccc2N)cc1C#N. The Morgan fingerprint density at radius 2 is 1.80 bits per heavy atom. The highest BCUT2D eigenvalue weighted by molar-refractivity contribution is 6.35. The molecule has 2 aromatic heterocycles. The number of ether oxygens (including phenoxy) is 2. The molecule has 0 radical (unpaired) electrons. The number of nitriles is 1. The Balaban J connectivity index is 0.00000210. The van der Waals surface area contributed by atoms with Crippen LogP contribution in [-0.2, 0) is 6.61 Å². The zero-order valence-corrected chi connectivity index (χ0v) is 21.4. The maximum atomic E-state index is 9.82. The molecule has 0 unspecified atom stereocenters. The molecule has 184 valence electrons. The van der Waals surface area contributed by atoms with E-state index in [-0.39, 0.29) is 30.4 Å². The Labute approximate surface area is 214 Å². The van der Waals surface area contributed by atoms with Gasteiger partial charge in [-0.15, -0.1) is 0 Å². The molecule has 0 spiro atoms. The van der Waals surface area contributed by atoms with E-state index in [9.17, 15) is 10.4 Å². The summed E-state index contributed by atoms with van der Waals surface area (Å²) in [6.07, 6.45) is 4.36. The molecule has 0 aliphatic carbocycles. The summed E-state index contributed by atoms with van der Waals surface area (Å²) >= 11 is 12.3. The van der Waals surface area contributed by atoms with Crippen LogP contribution in [-0.4, -0.2) is 33.0 Å². The van der Waals surface area contributed by atoms with Crippen LogP contribution in [0.2, 0.25) is 10.0 Å². The first-order chi connectivity index (χ1) is 16.6. The summed E-state index contributed by atoms with van der Waals surface area (Å²) in [5.41, 5.74) is 6.91. The maximum Gasteiger partial charge on any atom is 0.231 e. The number of aliphatic hydroxyl groups is 1. The van der Waals surface area contributed by atoms with Crippen molar-refractivity contribution in [3.05, 3.63) is 75.2 Å². The van der Waals surface area contributed by atoms with Crippen LogP contribution >= 0.6 is 23.2 Å². The van der Waals surface area contributed by atoms with Crippen molar-refractivity contribution >= 4 is 34.6 Å². The van der Waals surface area contributed by atoms with Crippen LogP contribution in [0.1, 0.15) is 49.9 Å². The van der Waals surface area contributed by atoms with E-state index >= 15 is 0 Å². The minimum atomic E-state index is -1.08. The Bertz CT molecular complexity index is 1220. The van der Waals surface area contributed by atoms with Gasteiger partial charge in [0.05, 0.1) is 21.4 Å². The Morgan fingerprint density at radius 3 is 2.40 bits per heavy atom. The molecule has 0 amide bonds. The van der Waals surface area contributed by atoms with E-state index < -0.39 is 5.60 Å². The summed E-state index contributed by atoms with van der Waals surface area (Å²) in [4.78, 5) is 8.05. The minimum absolute atomic E-state index is 0.0384. The number of nitrogen functional groups attached to an aromatic ring is 1. The quantitative estimate of drug-likeness (QED) is 0.269. The van der Waals surface area contributed by atoms with Gasteiger partial charge in [0.15, 0.2) is 0 Å². The molecule has 8 nitrogen and oxygen atoms in total. The highest BCUT2D eigenvalue weighted by atomic mass is 35.5. The lowest BCUT2D eigenvalue weighted by Crippen LogP contribution is -2.28. The third-order valence-corrected chi connectivity index (χ3v) is 5.10. The normalized spacial score (nSPS) is 10.6. The van der Waals surface area contributed by atoms with Gasteiger partial charge in [0.25, 0.3) is 0 Å². The number of halogens is 2. The molecule has 0 saturated heterocycles. The van der Waals surface area contributed by atoms with E-state index in [4.69, 9.17) is 43.8 Å². The number of rotatable bonds is 8. The number of nitrogens with one attached hydrogen (secondary N) is 1. The fourth-order valence-corrected chi connectivity index (χ4v) is 3.23. The molecule has 0 aliphatic rings. The first kappa shape index (κ1) is 27.9. The molecule has 0 fully saturated rings. The van der Waals surface area contributed by atoms with Crippen molar-refractivity contribution in [3.8, 4) is 17.7 Å². The van der Waals surface area contributed by atoms with Crippen LogP contribution < -0.4 is 15.2 Å². The lowest BCUT2D eigenvalue weighted by Gasteiger charge is -2.18. The van der Waals surface area contributed by atoms with Crippen LogP contribution in [0.25, 0.3) is 0 Å². The predicted octanol–water partition coefficient (Wildman–Crippen LogP) is 5.41. The summed E-state index contributed by atoms with van der Waals surface area (Å²) in [6.45, 7) is 7.22. The lowest BCUT2D eigenvalue weighted by molar-refractivity contribution is 0.0267. The number of nitrogens with zero attached hydrogens (tertiary/aromatic N) is 3. The van der Waals surface area contributed by atoms with Crippen LogP contribution in [0.5, 0.6) is 11.6 Å². The third-order valence-electron chi connectivity index (χ3n) is 4.45. The van der Waals surface area contributed by atoms with Crippen molar-refractivity contribution < 1.29 is 14.6 Å². The van der Waals surface area contributed by atoms with Crippen molar-refractivity contribution in [1.82, 2.24) is 9.97 Å². The number of nitrogens with two attached hydrogens (primary N) is 1. The highest BCUT2D eigenvalue weighted by Crippen LogP contribution is 2.28. The number of benzene rings is 1. The summed E-state index contributed by atoms with van der Waals surface area (Å²) in [7, 11) is 0. The number of hydrogen-bond acceptors (Lipinski definition) is 8. The minimum Gasteiger partial charge on any atom is -0.489 e. The van der Waals surface area contributed by atoms with E-state index in [1.807, 2.05) is 19.9 Å². The zero-order chi connectivity index (χ0) is 26.2. The standard InChI is InChI=1S/C23H21Cl2N5O3.C2H6/c1-23(2,31)12-33-22-13(7-26)5-14(8-30-22)21(28)16-6-15(3-4-20(16)27)32-11-17-18(24)9-29-10-19(17)25;1-2/h3-6,8-10,28,31H,11-12,27H2,1-2H3;1-2H3. The highest BCUT2D eigenvalue weighted by Gasteiger charge is 2.18. The van der Waals surface area contributed by atoms with Crippen LogP contribution in [0, 0.1) is 16.7 Å². The first-order valence-electron chi connectivity index (χ1n) is 10.7. The molecule has 2 heterocycles. The van der Waals surface area contributed by atoms with Crippen molar-refractivity contribution in [3.63, 3.8) is 0 Å². The molecule has 35 heavy (non-hydrogen) atoms. The van der Waals surface area contributed by atoms with Crippen molar-refractivity contribution in [2.75, 3.05) is 12.3 Å². The molecular weight excluding hydrogens is 489 g/mol. The summed E-state index contributed by atoms with van der Waals surface area (Å²) < 4.78 is 11.2. The number of anilines is 1. The molecule has 3 rings (SSSR count). The maximum absolute atomic E-state index is 9.82. The Kier molecular flexibility index (Phi) is 9.84. The van der Waals surface area contributed by atoms with E-state index in [0.717, 1.165) is 0 Å². The van der Waals surface area contributed by atoms with Crippen molar-refractivity contribution in [2.45, 2.75) is 39.9 Å². The predicted molar refractivity (Wildman–Crippen MR) is 137 cm³/mol. The molecule has 1 aromatic carbocycles. The van der Waals surface area contributed by atoms with Gasteiger partial charge in [-0.1, -0.05) is 37.0 Å². The Hall–Kier alpha value is -3.38. The topological polar surface area (TPSA) is 138 Å². The molecule has 0 atom stereocenters. The molecule has 0 aliphatic heterocycles. The number of hydrogen-bond donors (Lipinski definition) is 3. The van der Waals surface area contributed by atoms with Gasteiger partial charge in [-0.2, -0.15) is 5.26 Å². The monoisotopic (exact) mass is 515 g/mol. The first-order valence-corrected chi connectivity index (χ1v) is 11.5. The van der Waals surface area contributed by atoms with Crippen molar-refractivity contribution in [2.24, 2.45) is 0 Å². The van der Waals surface area contributed by atoms with E-state index in [1.54, 1.807) is 32.0 Å². The van der Waals surface area contributed by atoms with E-state index in [1.165, 1.54) is 24.7 Å². The molecule has 0 bridgehead atoms. The lowest BCUT2D eigenvalue weighted by atomic mass is 10.0. The van der Waals surface area contributed by atoms with Gasteiger partial charge < -0.3 is 20.3 Å². The van der Waals surface area contributed by atoms with Gasteiger partial charge in [0.1, 0.15) is 30.6 Å². The Morgan fingerprint density at radius 1 is 1.14 bits per heavy atom. The van der Waals surface area contributed by atoms with E-state index in [0.29, 0.717) is 38.2 Å². The van der Waals surface area contributed by atoms with Gasteiger partial charge in [-0.05, 0) is 38.1 Å². The van der Waals surface area contributed by atoms with E-state index in [2.05, 4.69) is 9.97 Å². The molecular formula is C25H27Cl2N5O3. The van der Waals surface area contributed by atoms with Gasteiger partial charge in [-0.3, -0.25) is 10.4 Å². The van der Waals surface area contributed by atoms with Crippen molar-refractivity contribution in [1.29, 1.82) is 10.7 Å². The zero-order valence-electron chi connectivity index (χ0n) is 19.9. The van der Waals surface area contributed by atoms with Gasteiger partial charge in [-0.25, -0.2) is 4.98 Å². The smallest absolute Gasteiger partial charge is 0.231 e. The van der Waals surface area contributed by atoms with Crippen LogP contribution in [0.4, 0.5) is 5.69 Å². The molecule has 3 aromatic rings. The van der Waals surface area contributed by atoms with Gasteiger partial charge in [0.2, 0.25) is 5.88 Å². The number of pyridine rings is 2. The van der Waals surface area contributed by atoms with Crippen LogP contribution in [0.3, 0.4) is 0 Å². The molecule has 4 N–H and O–H groups in total. The second-order valence-electron chi connectivity index (χ2n) is 7.78. The summed E-state index contributed by atoms with van der Waals surface area (Å²) in [5, 5.41) is 28.7. The second kappa shape index (κ2) is 12.4. The average molecular weight is 516 g/mol. The fourth-order valence-electron chi connectivity index (χ4n) is 2.76. The molecule has 10 heteroatoms. The summed E-state index contributed by atoms with van der Waals surface area (Å²) in [5.74, 6) is 0.527. The largest absolute Gasteiger partial charge is 0.489 e. The third kappa shape index (κ3) is 7.55. The van der Waals surface area contributed by atoms with Crippen LogP contribution in [0.15, 0.2) is 42.9 Å². The second-order valence-corrected chi connectivity index (χ2v) is 8.60. The molecule has 0 saturated carbocycles. The fraction of sp³-hybridized carbons (Fsp3) is 0.280. The van der Waals surface area contributed by atoms with Gasteiger partial charge >= 0.3 is 0 Å². The number of aromatic nitrogens is 2. The summed E-state index contributed by atoms with van der Waals surface area (Å²) in [6, 6.07) is 8.39.